The molecule has 1 atom stereocenters. The molecule has 0 saturated heterocycles. The summed E-state index contributed by atoms with van der Waals surface area (Å²) in [7, 11) is 1.80. The number of fused-ring (bicyclic) bond motifs is 1. The minimum atomic E-state index is -0.219. The Morgan fingerprint density at radius 2 is 2.05 bits per heavy atom. The van der Waals surface area contributed by atoms with Crippen molar-refractivity contribution in [2.75, 3.05) is 12.4 Å². The van der Waals surface area contributed by atoms with Crippen molar-refractivity contribution in [2.24, 2.45) is 0 Å². The zero-order chi connectivity index (χ0) is 13.4. The third-order valence-corrected chi connectivity index (χ3v) is 3.45. The molecular weight excluding hydrogens is 238 g/mol. The van der Waals surface area contributed by atoms with Gasteiger partial charge in [-0.2, -0.15) is 0 Å². The van der Waals surface area contributed by atoms with Crippen LogP contribution in [-0.4, -0.2) is 22.8 Å². The van der Waals surface area contributed by atoms with E-state index in [1.54, 1.807) is 18.1 Å². The Bertz CT molecular complexity index is 625. The number of nitrogens with zero attached hydrogens (tertiary/aromatic N) is 2. The van der Waals surface area contributed by atoms with E-state index in [9.17, 15) is 4.79 Å². The van der Waals surface area contributed by atoms with Crippen molar-refractivity contribution in [3.05, 3.63) is 59.4 Å². The fourth-order valence-electron chi connectivity index (χ4n) is 2.42. The smallest absolute Gasteiger partial charge is 0.257 e. The number of carbonyl (C=O) groups is 1. The lowest BCUT2D eigenvalue weighted by atomic mass is 10.0. The molecule has 0 spiro atoms. The second-order valence-corrected chi connectivity index (χ2v) is 4.72. The first-order chi connectivity index (χ1) is 9.18. The number of nitrogens with one attached hydrogen (secondary N) is 1. The molecule has 2 aromatic rings. The molecule has 1 aliphatic heterocycles. The van der Waals surface area contributed by atoms with Crippen molar-refractivity contribution in [1.29, 1.82) is 0 Å². The summed E-state index contributed by atoms with van der Waals surface area (Å²) >= 11 is 0. The maximum absolute atomic E-state index is 12.5. The Hall–Kier alpha value is -2.36. The van der Waals surface area contributed by atoms with Crippen LogP contribution in [0.15, 0.2) is 42.6 Å². The van der Waals surface area contributed by atoms with E-state index in [0.717, 1.165) is 22.5 Å². The van der Waals surface area contributed by atoms with Gasteiger partial charge in [0.2, 0.25) is 0 Å². The quantitative estimate of drug-likeness (QED) is 0.849. The first kappa shape index (κ1) is 11.7. The summed E-state index contributed by atoms with van der Waals surface area (Å²) in [4.78, 5) is 18.5. The fourth-order valence-corrected chi connectivity index (χ4v) is 2.42. The van der Waals surface area contributed by atoms with Gasteiger partial charge in [0.05, 0.1) is 11.3 Å². The first-order valence-electron chi connectivity index (χ1n) is 6.22. The van der Waals surface area contributed by atoms with E-state index < -0.39 is 0 Å². The monoisotopic (exact) mass is 253 g/mol. The molecule has 0 bridgehead atoms. The lowest BCUT2D eigenvalue weighted by Crippen LogP contribution is -2.41. The van der Waals surface area contributed by atoms with Crippen LogP contribution in [0.2, 0.25) is 0 Å². The summed E-state index contributed by atoms with van der Waals surface area (Å²) in [6, 6.07) is 11.5. The number of aromatic nitrogens is 1. The molecule has 4 heteroatoms. The van der Waals surface area contributed by atoms with Gasteiger partial charge >= 0.3 is 0 Å². The Morgan fingerprint density at radius 1 is 1.21 bits per heavy atom. The molecule has 0 radical (unpaired) electrons. The number of hydrogen-bond donors (Lipinski definition) is 1. The summed E-state index contributed by atoms with van der Waals surface area (Å²) in [5, 5.41) is 3.38. The highest BCUT2D eigenvalue weighted by molar-refractivity contribution is 6.02. The van der Waals surface area contributed by atoms with Gasteiger partial charge in [-0.3, -0.25) is 9.78 Å². The van der Waals surface area contributed by atoms with Gasteiger partial charge in [-0.05, 0) is 30.7 Å². The van der Waals surface area contributed by atoms with E-state index >= 15 is 0 Å². The van der Waals surface area contributed by atoms with Crippen molar-refractivity contribution >= 4 is 11.6 Å². The number of hydrogen-bond acceptors (Lipinski definition) is 3. The molecule has 2 heterocycles. The lowest BCUT2D eigenvalue weighted by Gasteiger charge is -2.35. The van der Waals surface area contributed by atoms with Crippen LogP contribution in [-0.2, 0) is 0 Å². The van der Waals surface area contributed by atoms with Gasteiger partial charge in [-0.15, -0.1) is 0 Å². The number of pyridine rings is 1. The minimum Gasteiger partial charge on any atom is -0.359 e. The summed E-state index contributed by atoms with van der Waals surface area (Å²) in [5.41, 5.74) is 3.45. The highest BCUT2D eigenvalue weighted by Crippen LogP contribution is 2.32. The zero-order valence-corrected chi connectivity index (χ0v) is 10.9. The SMILES string of the molecule is Cc1cccc2c1C(=O)N(C)[C@H](c1ccccn1)N2. The van der Waals surface area contributed by atoms with Crippen LogP contribution in [0.25, 0.3) is 0 Å². The molecule has 1 amide bonds. The van der Waals surface area contributed by atoms with Gasteiger partial charge in [0.1, 0.15) is 6.17 Å². The molecule has 0 unspecified atom stereocenters. The Labute approximate surface area is 112 Å². The molecule has 19 heavy (non-hydrogen) atoms. The maximum Gasteiger partial charge on any atom is 0.257 e. The zero-order valence-electron chi connectivity index (χ0n) is 10.9. The van der Waals surface area contributed by atoms with Crippen LogP contribution in [0.4, 0.5) is 5.69 Å². The van der Waals surface area contributed by atoms with E-state index in [2.05, 4.69) is 10.3 Å². The van der Waals surface area contributed by atoms with Gasteiger partial charge in [-0.1, -0.05) is 18.2 Å². The Balaban J connectivity index is 2.07. The molecule has 96 valence electrons. The number of carbonyl (C=O) groups excluding carboxylic acids is 1. The first-order valence-corrected chi connectivity index (χ1v) is 6.22. The average molecular weight is 253 g/mol. The van der Waals surface area contributed by atoms with Crippen molar-refractivity contribution < 1.29 is 4.79 Å². The van der Waals surface area contributed by atoms with Crippen molar-refractivity contribution in [3.63, 3.8) is 0 Å². The van der Waals surface area contributed by atoms with E-state index in [-0.39, 0.29) is 12.1 Å². The number of anilines is 1. The predicted molar refractivity (Wildman–Crippen MR) is 73.9 cm³/mol. The minimum absolute atomic E-state index is 0.0301. The third-order valence-electron chi connectivity index (χ3n) is 3.45. The molecule has 3 rings (SSSR count). The number of benzene rings is 1. The Kier molecular flexibility index (Phi) is 2.71. The van der Waals surface area contributed by atoms with Crippen LogP contribution in [0.3, 0.4) is 0 Å². The predicted octanol–water partition coefficient (Wildman–Crippen LogP) is 2.59. The third kappa shape index (κ3) is 1.85. The van der Waals surface area contributed by atoms with Gasteiger partial charge < -0.3 is 10.2 Å². The topological polar surface area (TPSA) is 45.2 Å². The summed E-state index contributed by atoms with van der Waals surface area (Å²) in [6.07, 6.45) is 1.52. The second-order valence-electron chi connectivity index (χ2n) is 4.72. The summed E-state index contributed by atoms with van der Waals surface area (Å²) in [5.74, 6) is 0.0301. The summed E-state index contributed by atoms with van der Waals surface area (Å²) < 4.78 is 0. The van der Waals surface area contributed by atoms with E-state index in [1.165, 1.54) is 0 Å². The van der Waals surface area contributed by atoms with Gasteiger partial charge in [0, 0.05) is 18.9 Å². The molecule has 0 aliphatic carbocycles. The normalized spacial score (nSPS) is 17.9. The van der Waals surface area contributed by atoms with Gasteiger partial charge in [0.25, 0.3) is 5.91 Å². The summed E-state index contributed by atoms with van der Waals surface area (Å²) in [6.45, 7) is 1.95. The van der Waals surface area contributed by atoms with Gasteiger partial charge in [0.15, 0.2) is 0 Å². The highest BCUT2D eigenvalue weighted by Gasteiger charge is 2.31. The molecule has 1 aromatic carbocycles. The van der Waals surface area contributed by atoms with Crippen molar-refractivity contribution in [3.8, 4) is 0 Å². The molecule has 0 saturated carbocycles. The number of aryl methyl sites for hydroxylation is 1. The lowest BCUT2D eigenvalue weighted by molar-refractivity contribution is 0.0732. The van der Waals surface area contributed by atoms with Crippen LogP contribution in [0.5, 0.6) is 0 Å². The van der Waals surface area contributed by atoms with E-state index in [4.69, 9.17) is 0 Å². The number of amides is 1. The second kappa shape index (κ2) is 4.39. The molecule has 1 aromatic heterocycles. The van der Waals surface area contributed by atoms with Crippen LogP contribution in [0, 0.1) is 6.92 Å². The molecule has 1 N–H and O–H groups in total. The van der Waals surface area contributed by atoms with Crippen LogP contribution < -0.4 is 5.32 Å². The largest absolute Gasteiger partial charge is 0.359 e. The molecule has 0 fully saturated rings. The molecule has 4 nitrogen and oxygen atoms in total. The highest BCUT2D eigenvalue weighted by atomic mass is 16.2. The van der Waals surface area contributed by atoms with Crippen molar-refractivity contribution in [2.45, 2.75) is 13.1 Å². The standard InChI is InChI=1S/C15H15N3O/c1-10-6-5-8-11-13(10)15(19)18(2)14(17-11)12-7-3-4-9-16-12/h3-9,14,17H,1-2H3/t14-/m1/s1. The van der Waals surface area contributed by atoms with E-state index in [0.29, 0.717) is 0 Å². The molecular formula is C15H15N3O. The van der Waals surface area contributed by atoms with Crippen LogP contribution in [0.1, 0.15) is 27.8 Å². The maximum atomic E-state index is 12.5. The van der Waals surface area contributed by atoms with E-state index in [1.807, 2.05) is 43.3 Å². The van der Waals surface area contributed by atoms with Crippen LogP contribution >= 0.6 is 0 Å². The number of rotatable bonds is 1. The fraction of sp³-hybridized carbons (Fsp3) is 0.200. The van der Waals surface area contributed by atoms with Gasteiger partial charge in [-0.25, -0.2) is 0 Å². The van der Waals surface area contributed by atoms with Crippen molar-refractivity contribution in [1.82, 2.24) is 9.88 Å². The Morgan fingerprint density at radius 3 is 2.79 bits per heavy atom. The molecule has 1 aliphatic rings. The average Bonchev–Trinajstić information content (AvgIpc) is 2.43.